The van der Waals surface area contributed by atoms with E-state index >= 15 is 0 Å². The monoisotopic (exact) mass is 797 g/mol. The Kier molecular flexibility index (Phi) is 13.3. The first-order valence-corrected chi connectivity index (χ1v) is 19.2. The number of nitrogens with one attached hydrogen (secondary N) is 3. The molecule has 1 atom stereocenters. The number of rotatable bonds is 12. The molecule has 0 spiro atoms. The summed E-state index contributed by atoms with van der Waals surface area (Å²) >= 11 is 2.55. The lowest BCUT2D eigenvalue weighted by Crippen LogP contribution is -2.39. The van der Waals surface area contributed by atoms with Crippen LogP contribution in [0.1, 0.15) is 59.6 Å². The first kappa shape index (κ1) is 41.2. The van der Waals surface area contributed by atoms with Crippen molar-refractivity contribution in [3.63, 3.8) is 0 Å². The average molecular weight is 798 g/mol. The summed E-state index contributed by atoms with van der Waals surface area (Å²) in [5.74, 6) is -0.244. The minimum atomic E-state index is -0.634. The van der Waals surface area contributed by atoms with Gasteiger partial charge in [-0.1, -0.05) is 24.3 Å². The van der Waals surface area contributed by atoms with Crippen LogP contribution < -0.4 is 30.2 Å². The zero-order chi connectivity index (χ0) is 40.6. The molecule has 15 heteroatoms. The molecule has 13 nitrogen and oxygen atoms in total. The smallest absolute Gasteiger partial charge is 0.410 e. The van der Waals surface area contributed by atoms with Gasteiger partial charge in [0, 0.05) is 39.2 Å². The van der Waals surface area contributed by atoms with Crippen molar-refractivity contribution in [2.75, 3.05) is 38.5 Å². The molecular weight excluding hydrogens is 755 g/mol. The second-order valence-corrected chi connectivity index (χ2v) is 16.0. The second-order valence-electron chi connectivity index (χ2n) is 13.5. The highest BCUT2D eigenvalue weighted by Crippen LogP contribution is 2.38. The highest BCUT2D eigenvalue weighted by Gasteiger charge is 2.31. The van der Waals surface area contributed by atoms with Crippen molar-refractivity contribution in [1.29, 1.82) is 5.26 Å². The highest BCUT2D eigenvalue weighted by molar-refractivity contribution is 8.00. The summed E-state index contributed by atoms with van der Waals surface area (Å²) in [7, 11) is 4.46. The largest absolute Gasteiger partial charge is 0.496 e. The lowest BCUT2D eigenvalue weighted by molar-refractivity contribution is -0.115. The molecule has 1 aliphatic rings. The molecule has 4 aromatic rings. The van der Waals surface area contributed by atoms with Crippen LogP contribution in [0.25, 0.3) is 6.08 Å². The molecule has 0 bridgehead atoms. The molecule has 1 unspecified atom stereocenters. The van der Waals surface area contributed by atoms with E-state index in [0.717, 1.165) is 10.4 Å². The maximum atomic E-state index is 13.9. The molecule has 292 valence electrons. The summed E-state index contributed by atoms with van der Waals surface area (Å²) in [6.07, 6.45) is 1.53. The molecule has 0 saturated heterocycles. The Morgan fingerprint density at radius 2 is 1.62 bits per heavy atom. The minimum Gasteiger partial charge on any atom is -0.496 e. The van der Waals surface area contributed by atoms with E-state index in [9.17, 15) is 24.4 Å². The van der Waals surface area contributed by atoms with E-state index in [0.29, 0.717) is 62.5 Å². The van der Waals surface area contributed by atoms with Crippen LogP contribution in [0.3, 0.4) is 0 Å². The molecule has 0 aliphatic carbocycles. The Hall–Kier alpha value is -5.98. The van der Waals surface area contributed by atoms with E-state index in [1.54, 1.807) is 72.5 Å². The maximum absolute atomic E-state index is 13.9. The van der Waals surface area contributed by atoms with E-state index in [1.165, 1.54) is 50.5 Å². The van der Waals surface area contributed by atoms with Crippen molar-refractivity contribution in [1.82, 2.24) is 10.2 Å². The van der Waals surface area contributed by atoms with Crippen molar-refractivity contribution in [2.45, 2.75) is 56.4 Å². The Morgan fingerprint density at radius 3 is 2.29 bits per heavy atom. The van der Waals surface area contributed by atoms with Gasteiger partial charge in [0.2, 0.25) is 5.91 Å². The predicted molar refractivity (Wildman–Crippen MR) is 216 cm³/mol. The number of hydrogen-bond donors (Lipinski definition) is 3. The number of hydrogen-bond acceptors (Lipinski definition) is 11. The van der Waals surface area contributed by atoms with Gasteiger partial charge < -0.3 is 39.8 Å². The summed E-state index contributed by atoms with van der Waals surface area (Å²) in [6.45, 7) is 7.86. The van der Waals surface area contributed by atoms with Gasteiger partial charge in [-0.3, -0.25) is 14.4 Å². The summed E-state index contributed by atoms with van der Waals surface area (Å²) < 4.78 is 21.9. The number of nitrogens with zero attached hydrogens (tertiary/aromatic N) is 2. The van der Waals surface area contributed by atoms with Gasteiger partial charge in [0.15, 0.2) is 11.5 Å². The van der Waals surface area contributed by atoms with Crippen LogP contribution in [0.4, 0.5) is 15.5 Å². The SMILES string of the molecule is COc1cc(OC)c(OC)cc1/C=C(/NC(=O)c1ccccc1)C(=O)Nc1cccc(SC(C)C(=O)Nc2sc3c(c2C#N)CCN(C(=O)OC(C)(C)C)C3)c1. The van der Waals surface area contributed by atoms with E-state index in [-0.39, 0.29) is 18.1 Å². The van der Waals surface area contributed by atoms with Gasteiger partial charge in [-0.15, -0.1) is 23.1 Å². The fourth-order valence-electron chi connectivity index (χ4n) is 5.67. The van der Waals surface area contributed by atoms with E-state index < -0.39 is 28.8 Å². The fourth-order valence-corrected chi connectivity index (χ4v) is 7.82. The van der Waals surface area contributed by atoms with Crippen LogP contribution in [0, 0.1) is 11.3 Å². The van der Waals surface area contributed by atoms with Gasteiger partial charge in [-0.25, -0.2) is 4.79 Å². The Morgan fingerprint density at radius 1 is 0.929 bits per heavy atom. The number of amides is 4. The van der Waals surface area contributed by atoms with Gasteiger partial charge in [0.05, 0.1) is 38.7 Å². The fraction of sp³-hybridized carbons (Fsp3) is 0.293. The summed E-state index contributed by atoms with van der Waals surface area (Å²) in [4.78, 5) is 56.4. The normalized spacial score (nSPS) is 13.0. The summed E-state index contributed by atoms with van der Waals surface area (Å²) in [6, 6.07) is 20.9. The lowest BCUT2D eigenvalue weighted by Gasteiger charge is -2.29. The number of nitriles is 1. The number of carbonyl (C=O) groups excluding carboxylic acids is 4. The number of benzene rings is 3. The zero-order valence-electron chi connectivity index (χ0n) is 32.1. The number of anilines is 2. The quantitative estimate of drug-likeness (QED) is 0.0967. The van der Waals surface area contributed by atoms with Crippen molar-refractivity contribution in [3.8, 4) is 23.3 Å². The van der Waals surface area contributed by atoms with Gasteiger partial charge in [-0.2, -0.15) is 5.26 Å². The third-order valence-corrected chi connectivity index (χ3v) is 10.6. The van der Waals surface area contributed by atoms with Crippen molar-refractivity contribution in [3.05, 3.63) is 99.6 Å². The Balaban J connectivity index is 1.31. The number of carbonyl (C=O) groups is 4. The topological polar surface area (TPSA) is 168 Å². The van der Waals surface area contributed by atoms with Crippen LogP contribution in [-0.4, -0.2) is 67.4 Å². The van der Waals surface area contributed by atoms with Crippen LogP contribution in [0.2, 0.25) is 0 Å². The Bertz CT molecular complexity index is 2190. The van der Waals surface area contributed by atoms with Gasteiger partial charge in [0.25, 0.3) is 11.8 Å². The molecule has 0 radical (unpaired) electrons. The summed E-state index contributed by atoms with van der Waals surface area (Å²) in [5.41, 5.74) is 1.73. The van der Waals surface area contributed by atoms with Gasteiger partial charge in [-0.05, 0) is 82.2 Å². The minimum absolute atomic E-state index is 0.0728. The highest BCUT2D eigenvalue weighted by atomic mass is 32.2. The molecule has 0 saturated carbocycles. The first-order valence-electron chi connectivity index (χ1n) is 17.5. The lowest BCUT2D eigenvalue weighted by atomic mass is 10.0. The molecule has 4 amide bonds. The van der Waals surface area contributed by atoms with E-state index in [4.69, 9.17) is 18.9 Å². The van der Waals surface area contributed by atoms with Crippen LogP contribution in [0.15, 0.2) is 77.3 Å². The van der Waals surface area contributed by atoms with Crippen LogP contribution in [-0.2, 0) is 27.3 Å². The van der Waals surface area contributed by atoms with Gasteiger partial charge >= 0.3 is 6.09 Å². The number of thiophene rings is 1. The number of thioether (sulfide) groups is 1. The standard InChI is InChI=1S/C41H43N5O8S2/c1-24(36(47)45-39-30(22-42)29-16-17-46(23-35(29)56-39)40(50)54-41(2,3)4)55-28-15-11-14-27(20-28)43-38(49)31(44-37(48)25-12-9-8-10-13-25)18-26-19-33(52-6)34(53-7)21-32(26)51-5/h8-15,18-21,24H,16-17,23H2,1-7H3,(H,43,49)(H,44,48)(H,45,47)/b31-18+. The number of ether oxygens (including phenoxy) is 4. The average Bonchev–Trinajstić information content (AvgIpc) is 3.53. The second kappa shape index (κ2) is 18.1. The zero-order valence-corrected chi connectivity index (χ0v) is 33.7. The van der Waals surface area contributed by atoms with Gasteiger partial charge in [0.1, 0.15) is 28.1 Å². The van der Waals surface area contributed by atoms with Crippen molar-refractivity contribution >= 4 is 63.7 Å². The third kappa shape index (κ3) is 10.2. The third-order valence-electron chi connectivity index (χ3n) is 8.40. The van der Waals surface area contributed by atoms with Crippen molar-refractivity contribution < 1.29 is 38.1 Å². The predicted octanol–water partition coefficient (Wildman–Crippen LogP) is 7.47. The summed E-state index contributed by atoms with van der Waals surface area (Å²) in [5, 5.41) is 18.3. The van der Waals surface area contributed by atoms with Crippen molar-refractivity contribution in [2.24, 2.45) is 0 Å². The van der Waals surface area contributed by atoms with Crippen LogP contribution >= 0.6 is 23.1 Å². The number of methoxy groups -OCH3 is 3. The Labute approximate surface area is 334 Å². The molecule has 3 aromatic carbocycles. The van der Waals surface area contributed by atoms with E-state index in [2.05, 4.69) is 22.0 Å². The number of fused-ring (bicyclic) bond motifs is 1. The molecule has 3 N–H and O–H groups in total. The molecule has 1 aromatic heterocycles. The molecule has 2 heterocycles. The molecule has 1 aliphatic heterocycles. The molecule has 56 heavy (non-hydrogen) atoms. The maximum Gasteiger partial charge on any atom is 0.410 e. The van der Waals surface area contributed by atoms with Crippen LogP contribution in [0.5, 0.6) is 17.2 Å². The molecule has 0 fully saturated rings. The first-order chi connectivity index (χ1) is 26.7. The molecule has 5 rings (SSSR count). The van der Waals surface area contributed by atoms with E-state index in [1.807, 2.05) is 26.8 Å². The molecular formula is C41H43N5O8S2.